The number of benzene rings is 2. The first-order valence-corrected chi connectivity index (χ1v) is 11.1. The van der Waals surface area contributed by atoms with Gasteiger partial charge in [0.25, 0.3) is 0 Å². The van der Waals surface area contributed by atoms with Crippen molar-refractivity contribution in [3.8, 4) is 11.1 Å². The maximum atomic E-state index is 12.4. The predicted molar refractivity (Wildman–Crippen MR) is 119 cm³/mol. The highest BCUT2D eigenvalue weighted by Gasteiger charge is 2.32. The van der Waals surface area contributed by atoms with Gasteiger partial charge in [0.1, 0.15) is 6.61 Å². The molecule has 2 aliphatic rings. The molecule has 2 aromatic carbocycles. The number of fused-ring (bicyclic) bond motifs is 3. The summed E-state index contributed by atoms with van der Waals surface area (Å²) >= 11 is 0. The highest BCUT2D eigenvalue weighted by Crippen LogP contribution is 2.44. The van der Waals surface area contributed by atoms with Crippen molar-refractivity contribution in [2.45, 2.75) is 38.1 Å². The first-order chi connectivity index (χ1) is 15.4. The van der Waals surface area contributed by atoms with Crippen LogP contribution in [0.4, 0.5) is 4.79 Å². The van der Waals surface area contributed by atoms with Crippen molar-refractivity contribution in [2.75, 3.05) is 13.2 Å². The molecule has 2 amide bonds. The van der Waals surface area contributed by atoms with E-state index in [1.54, 1.807) is 6.92 Å². The van der Waals surface area contributed by atoms with Crippen molar-refractivity contribution < 1.29 is 24.2 Å². The Morgan fingerprint density at radius 1 is 1.03 bits per heavy atom. The normalized spacial score (nSPS) is 20.2. The number of amides is 2. The van der Waals surface area contributed by atoms with Crippen LogP contribution in [0.25, 0.3) is 11.1 Å². The van der Waals surface area contributed by atoms with Gasteiger partial charge in [-0.2, -0.15) is 0 Å². The number of carboxylic acids is 1. The Morgan fingerprint density at radius 2 is 1.66 bits per heavy atom. The molecule has 32 heavy (non-hydrogen) atoms. The molecule has 3 N–H and O–H groups in total. The third-order valence-electron chi connectivity index (χ3n) is 6.47. The van der Waals surface area contributed by atoms with Crippen molar-refractivity contribution in [2.24, 2.45) is 11.8 Å². The molecule has 0 bridgehead atoms. The summed E-state index contributed by atoms with van der Waals surface area (Å²) in [5, 5.41) is 14.5. The molecule has 3 atom stereocenters. The molecule has 0 aromatic heterocycles. The summed E-state index contributed by atoms with van der Waals surface area (Å²) < 4.78 is 5.59. The van der Waals surface area contributed by atoms with Crippen LogP contribution in [0.15, 0.2) is 48.5 Å². The van der Waals surface area contributed by atoms with Gasteiger partial charge >= 0.3 is 12.1 Å². The first-order valence-electron chi connectivity index (χ1n) is 11.1. The SMILES string of the molecule is CC(CNC(=O)C1CCC(NC(=O)OCC2c3ccccc3-c3ccccc32)C1)C(=O)O. The van der Waals surface area contributed by atoms with Crippen molar-refractivity contribution in [3.05, 3.63) is 59.7 Å². The van der Waals surface area contributed by atoms with E-state index in [0.717, 1.165) is 11.1 Å². The number of carbonyl (C=O) groups excluding carboxylic acids is 2. The third kappa shape index (κ3) is 4.61. The van der Waals surface area contributed by atoms with E-state index < -0.39 is 18.0 Å². The van der Waals surface area contributed by atoms with Crippen LogP contribution < -0.4 is 10.6 Å². The van der Waals surface area contributed by atoms with Crippen LogP contribution in [0.2, 0.25) is 0 Å². The lowest BCUT2D eigenvalue weighted by molar-refractivity contribution is -0.141. The van der Waals surface area contributed by atoms with E-state index in [4.69, 9.17) is 9.84 Å². The van der Waals surface area contributed by atoms with Crippen LogP contribution in [-0.4, -0.2) is 42.3 Å². The molecule has 2 aliphatic carbocycles. The van der Waals surface area contributed by atoms with Crippen LogP contribution in [0.5, 0.6) is 0 Å². The molecule has 1 fully saturated rings. The molecular formula is C25H28N2O5. The fourth-order valence-electron chi connectivity index (χ4n) is 4.64. The van der Waals surface area contributed by atoms with Crippen molar-refractivity contribution in [1.82, 2.24) is 10.6 Å². The second-order valence-corrected chi connectivity index (χ2v) is 8.66. The standard InChI is InChI=1S/C25H28N2O5/c1-15(24(29)30)13-26-23(28)16-10-11-17(12-16)27-25(31)32-14-22-20-8-4-2-6-18(20)19-7-3-5-9-21(19)22/h2-9,15-17,22H,10-14H2,1H3,(H,26,28)(H,27,31)(H,29,30). The maximum Gasteiger partial charge on any atom is 0.407 e. The monoisotopic (exact) mass is 436 g/mol. The molecule has 3 unspecified atom stereocenters. The van der Waals surface area contributed by atoms with E-state index in [-0.39, 0.29) is 36.9 Å². The topological polar surface area (TPSA) is 105 Å². The molecule has 7 nitrogen and oxygen atoms in total. The van der Waals surface area contributed by atoms with E-state index in [0.29, 0.717) is 19.3 Å². The second kappa shape index (κ2) is 9.42. The van der Waals surface area contributed by atoms with Crippen LogP contribution in [0, 0.1) is 11.8 Å². The molecule has 0 heterocycles. The average molecular weight is 437 g/mol. The van der Waals surface area contributed by atoms with E-state index >= 15 is 0 Å². The number of hydrogen-bond donors (Lipinski definition) is 3. The number of rotatable bonds is 7. The summed E-state index contributed by atoms with van der Waals surface area (Å²) in [4.78, 5) is 35.6. The number of nitrogens with one attached hydrogen (secondary N) is 2. The largest absolute Gasteiger partial charge is 0.481 e. The number of ether oxygens (including phenoxy) is 1. The molecule has 2 aromatic rings. The van der Waals surface area contributed by atoms with Crippen LogP contribution in [0.1, 0.15) is 43.2 Å². The quantitative estimate of drug-likeness (QED) is 0.616. The second-order valence-electron chi connectivity index (χ2n) is 8.66. The van der Waals surface area contributed by atoms with Gasteiger partial charge in [0, 0.05) is 24.4 Å². The minimum absolute atomic E-state index is 0.00600. The first kappa shape index (κ1) is 21.9. The van der Waals surface area contributed by atoms with Crippen molar-refractivity contribution in [3.63, 3.8) is 0 Å². The molecule has 0 spiro atoms. The van der Waals surface area contributed by atoms with Crippen LogP contribution >= 0.6 is 0 Å². The van der Waals surface area contributed by atoms with E-state index in [2.05, 4.69) is 34.9 Å². The summed E-state index contributed by atoms with van der Waals surface area (Å²) in [6, 6.07) is 16.2. The maximum absolute atomic E-state index is 12.4. The predicted octanol–water partition coefficient (Wildman–Crippen LogP) is 3.53. The molecular weight excluding hydrogens is 408 g/mol. The molecule has 0 aliphatic heterocycles. The summed E-state index contributed by atoms with van der Waals surface area (Å²) in [5.41, 5.74) is 4.68. The van der Waals surface area contributed by atoms with Crippen molar-refractivity contribution >= 4 is 18.0 Å². The van der Waals surface area contributed by atoms with Crippen LogP contribution in [-0.2, 0) is 14.3 Å². The van der Waals surface area contributed by atoms with E-state index in [1.165, 1.54) is 11.1 Å². The Bertz CT molecular complexity index is 975. The zero-order chi connectivity index (χ0) is 22.7. The number of aliphatic carboxylic acids is 1. The Morgan fingerprint density at radius 3 is 2.28 bits per heavy atom. The highest BCUT2D eigenvalue weighted by molar-refractivity contribution is 5.80. The molecule has 4 rings (SSSR count). The number of alkyl carbamates (subject to hydrolysis) is 1. The Labute approximate surface area is 187 Å². The zero-order valence-electron chi connectivity index (χ0n) is 18.0. The van der Waals surface area contributed by atoms with Gasteiger partial charge in [0.05, 0.1) is 5.92 Å². The van der Waals surface area contributed by atoms with Crippen LogP contribution in [0.3, 0.4) is 0 Å². The lowest BCUT2D eigenvalue weighted by atomic mass is 9.98. The lowest BCUT2D eigenvalue weighted by Crippen LogP contribution is -2.37. The Kier molecular flexibility index (Phi) is 6.44. The van der Waals surface area contributed by atoms with Gasteiger partial charge in [-0.15, -0.1) is 0 Å². The van der Waals surface area contributed by atoms with E-state index in [1.807, 2.05) is 24.3 Å². The fourth-order valence-corrected chi connectivity index (χ4v) is 4.64. The van der Waals surface area contributed by atoms with Gasteiger partial charge in [-0.3, -0.25) is 9.59 Å². The summed E-state index contributed by atoms with van der Waals surface area (Å²) in [5.74, 6) is -1.95. The minimum Gasteiger partial charge on any atom is -0.481 e. The van der Waals surface area contributed by atoms with Gasteiger partial charge in [-0.1, -0.05) is 55.5 Å². The minimum atomic E-state index is -0.938. The number of carboxylic acid groups (broad SMARTS) is 1. The zero-order valence-corrected chi connectivity index (χ0v) is 18.0. The Balaban J connectivity index is 1.27. The smallest absolute Gasteiger partial charge is 0.407 e. The fraction of sp³-hybridized carbons (Fsp3) is 0.400. The third-order valence-corrected chi connectivity index (χ3v) is 6.47. The molecule has 0 saturated heterocycles. The van der Waals surface area contributed by atoms with Gasteiger partial charge < -0.3 is 20.5 Å². The summed E-state index contributed by atoms with van der Waals surface area (Å²) in [7, 11) is 0. The Hall–Kier alpha value is -3.35. The molecule has 168 valence electrons. The summed E-state index contributed by atoms with van der Waals surface area (Å²) in [6.07, 6.45) is 1.40. The number of carbonyl (C=O) groups is 3. The van der Waals surface area contributed by atoms with Gasteiger partial charge in [0.2, 0.25) is 5.91 Å². The van der Waals surface area contributed by atoms with Gasteiger partial charge in [-0.25, -0.2) is 4.79 Å². The van der Waals surface area contributed by atoms with Crippen molar-refractivity contribution in [1.29, 1.82) is 0 Å². The highest BCUT2D eigenvalue weighted by atomic mass is 16.5. The summed E-state index contributed by atoms with van der Waals surface area (Å²) in [6.45, 7) is 1.91. The average Bonchev–Trinajstić information content (AvgIpc) is 3.38. The lowest BCUT2D eigenvalue weighted by Gasteiger charge is -2.17. The molecule has 0 radical (unpaired) electrons. The molecule has 7 heteroatoms. The van der Waals surface area contributed by atoms with Gasteiger partial charge in [-0.05, 0) is 41.5 Å². The molecule has 1 saturated carbocycles. The van der Waals surface area contributed by atoms with E-state index in [9.17, 15) is 14.4 Å². The van der Waals surface area contributed by atoms with Gasteiger partial charge in [0.15, 0.2) is 0 Å². The number of hydrogen-bond acceptors (Lipinski definition) is 4.